The molecule has 104 valence electrons. The normalized spacial score (nSPS) is 10.3. The van der Waals surface area contributed by atoms with Crippen molar-refractivity contribution in [1.82, 2.24) is 0 Å². The van der Waals surface area contributed by atoms with Gasteiger partial charge in [0.15, 0.2) is 0 Å². The van der Waals surface area contributed by atoms with Crippen LogP contribution in [-0.4, -0.2) is 18.1 Å². The zero-order valence-corrected chi connectivity index (χ0v) is 12.0. The maximum atomic E-state index is 11.4. The summed E-state index contributed by atoms with van der Waals surface area (Å²) in [4.78, 5) is 13.2. The molecule has 2 rings (SSSR count). The molecule has 2 aromatic rings. The SMILES string of the molecule is Cc1ccccc1N(C)c1c(Cl)cc(N)cc1C(=O)O. The number of carboxylic acids is 1. The summed E-state index contributed by atoms with van der Waals surface area (Å²) in [5.74, 6) is -1.06. The van der Waals surface area contributed by atoms with Crippen LogP contribution in [0.5, 0.6) is 0 Å². The van der Waals surface area contributed by atoms with Crippen LogP contribution in [0.3, 0.4) is 0 Å². The van der Waals surface area contributed by atoms with Crippen LogP contribution in [-0.2, 0) is 0 Å². The first-order chi connectivity index (χ1) is 9.41. The number of rotatable bonds is 3. The molecule has 4 nitrogen and oxygen atoms in total. The lowest BCUT2D eigenvalue weighted by Crippen LogP contribution is -2.16. The molecule has 0 spiro atoms. The van der Waals surface area contributed by atoms with Crippen molar-refractivity contribution in [3.05, 3.63) is 52.5 Å². The van der Waals surface area contributed by atoms with Crippen LogP contribution in [0, 0.1) is 6.92 Å². The predicted octanol–water partition coefficient (Wildman–Crippen LogP) is 3.70. The van der Waals surface area contributed by atoms with Gasteiger partial charge in [0.2, 0.25) is 0 Å². The van der Waals surface area contributed by atoms with E-state index in [9.17, 15) is 9.90 Å². The third-order valence-corrected chi connectivity index (χ3v) is 3.42. The van der Waals surface area contributed by atoms with E-state index in [0.717, 1.165) is 11.3 Å². The highest BCUT2D eigenvalue weighted by Crippen LogP contribution is 2.36. The lowest BCUT2D eigenvalue weighted by atomic mass is 10.1. The van der Waals surface area contributed by atoms with Gasteiger partial charge >= 0.3 is 5.97 Å². The van der Waals surface area contributed by atoms with Gasteiger partial charge < -0.3 is 15.7 Å². The highest BCUT2D eigenvalue weighted by atomic mass is 35.5. The van der Waals surface area contributed by atoms with Gasteiger partial charge in [-0.25, -0.2) is 4.79 Å². The van der Waals surface area contributed by atoms with E-state index < -0.39 is 5.97 Å². The predicted molar refractivity (Wildman–Crippen MR) is 82.1 cm³/mol. The Bertz CT molecular complexity index is 671. The van der Waals surface area contributed by atoms with Gasteiger partial charge in [-0.1, -0.05) is 29.8 Å². The van der Waals surface area contributed by atoms with Crippen molar-refractivity contribution in [2.24, 2.45) is 0 Å². The summed E-state index contributed by atoms with van der Waals surface area (Å²) in [6.45, 7) is 1.96. The number of nitrogens with two attached hydrogens (primary N) is 1. The number of nitrogen functional groups attached to an aromatic ring is 1. The third kappa shape index (κ3) is 2.56. The molecule has 0 unspecified atom stereocenters. The van der Waals surface area contributed by atoms with Gasteiger partial charge in [0.05, 0.1) is 16.3 Å². The first kappa shape index (κ1) is 14.2. The summed E-state index contributed by atoms with van der Waals surface area (Å²) in [5.41, 5.74) is 8.43. The Morgan fingerprint density at radius 2 is 1.95 bits per heavy atom. The van der Waals surface area contributed by atoms with E-state index in [4.69, 9.17) is 17.3 Å². The number of hydrogen-bond acceptors (Lipinski definition) is 3. The largest absolute Gasteiger partial charge is 0.478 e. The Kier molecular flexibility index (Phi) is 3.86. The number of anilines is 3. The standard InChI is InChI=1S/C15H15ClN2O2/c1-9-5-3-4-6-13(9)18(2)14-11(15(19)20)7-10(17)8-12(14)16/h3-8H,17H2,1-2H3,(H,19,20). The smallest absolute Gasteiger partial charge is 0.337 e. The maximum Gasteiger partial charge on any atom is 0.337 e. The second kappa shape index (κ2) is 5.43. The molecule has 0 aliphatic heterocycles. The summed E-state index contributed by atoms with van der Waals surface area (Å²) in [5, 5.41) is 9.65. The number of aryl methyl sites for hydroxylation is 1. The molecule has 0 aromatic heterocycles. The van der Waals surface area contributed by atoms with Gasteiger partial charge in [-0.2, -0.15) is 0 Å². The minimum Gasteiger partial charge on any atom is -0.478 e. The fourth-order valence-electron chi connectivity index (χ4n) is 2.18. The van der Waals surface area contributed by atoms with Crippen molar-refractivity contribution in [2.45, 2.75) is 6.92 Å². The van der Waals surface area contributed by atoms with E-state index in [1.165, 1.54) is 6.07 Å². The Labute approximate surface area is 122 Å². The van der Waals surface area contributed by atoms with Crippen molar-refractivity contribution in [2.75, 3.05) is 17.7 Å². The summed E-state index contributed by atoms with van der Waals surface area (Å²) < 4.78 is 0. The Morgan fingerprint density at radius 3 is 2.55 bits per heavy atom. The Morgan fingerprint density at radius 1 is 1.30 bits per heavy atom. The molecule has 3 N–H and O–H groups in total. The van der Waals surface area contributed by atoms with Crippen molar-refractivity contribution in [3.8, 4) is 0 Å². The van der Waals surface area contributed by atoms with Gasteiger partial charge in [-0.15, -0.1) is 0 Å². The molecule has 0 saturated heterocycles. The maximum absolute atomic E-state index is 11.4. The van der Waals surface area contributed by atoms with Crippen LogP contribution in [0.1, 0.15) is 15.9 Å². The number of para-hydroxylation sites is 1. The number of carbonyl (C=O) groups is 1. The highest BCUT2D eigenvalue weighted by molar-refractivity contribution is 6.34. The summed E-state index contributed by atoms with van der Waals surface area (Å²) in [6.07, 6.45) is 0. The average molecular weight is 291 g/mol. The summed E-state index contributed by atoms with van der Waals surface area (Å²) in [6, 6.07) is 10.7. The van der Waals surface area contributed by atoms with Gasteiger partial charge in [0.1, 0.15) is 0 Å². The lowest BCUT2D eigenvalue weighted by Gasteiger charge is -2.24. The summed E-state index contributed by atoms with van der Waals surface area (Å²) >= 11 is 6.19. The minimum atomic E-state index is -1.06. The highest BCUT2D eigenvalue weighted by Gasteiger charge is 2.19. The molecule has 20 heavy (non-hydrogen) atoms. The van der Waals surface area contributed by atoms with E-state index in [-0.39, 0.29) is 5.56 Å². The van der Waals surface area contributed by atoms with Gasteiger partial charge in [0.25, 0.3) is 0 Å². The zero-order chi connectivity index (χ0) is 14.9. The van der Waals surface area contributed by atoms with E-state index >= 15 is 0 Å². The second-order valence-corrected chi connectivity index (χ2v) is 4.96. The number of nitrogens with zero attached hydrogens (tertiary/aromatic N) is 1. The summed E-state index contributed by atoms with van der Waals surface area (Å²) in [7, 11) is 1.78. The number of carboxylic acid groups (broad SMARTS) is 1. The van der Waals surface area contributed by atoms with Gasteiger partial charge in [0, 0.05) is 18.4 Å². The van der Waals surface area contributed by atoms with Crippen molar-refractivity contribution >= 4 is 34.6 Å². The second-order valence-electron chi connectivity index (χ2n) is 4.55. The molecule has 0 radical (unpaired) electrons. The molecule has 0 heterocycles. The molecule has 0 fully saturated rings. The topological polar surface area (TPSA) is 66.6 Å². The van der Waals surface area contributed by atoms with Crippen molar-refractivity contribution < 1.29 is 9.90 Å². The zero-order valence-electron chi connectivity index (χ0n) is 11.2. The molecule has 0 aliphatic rings. The number of benzene rings is 2. The van der Waals surface area contributed by atoms with Crippen molar-refractivity contribution in [3.63, 3.8) is 0 Å². The fourth-order valence-corrected chi connectivity index (χ4v) is 2.54. The molecule has 0 amide bonds. The molecule has 5 heteroatoms. The molecule has 0 aliphatic carbocycles. The Hall–Kier alpha value is -2.20. The van der Waals surface area contributed by atoms with Gasteiger partial charge in [-0.3, -0.25) is 0 Å². The van der Waals surface area contributed by atoms with Crippen LogP contribution < -0.4 is 10.6 Å². The number of halogens is 1. The Balaban J connectivity index is 2.63. The molecular formula is C15H15ClN2O2. The molecular weight excluding hydrogens is 276 g/mol. The van der Waals surface area contributed by atoms with Gasteiger partial charge in [-0.05, 0) is 30.7 Å². The lowest BCUT2D eigenvalue weighted by molar-refractivity contribution is 0.0697. The molecule has 2 aromatic carbocycles. The van der Waals surface area contributed by atoms with Crippen LogP contribution in [0.4, 0.5) is 17.1 Å². The van der Waals surface area contributed by atoms with Crippen LogP contribution in [0.2, 0.25) is 5.02 Å². The fraction of sp³-hybridized carbons (Fsp3) is 0.133. The molecule has 0 atom stereocenters. The van der Waals surface area contributed by atoms with Crippen LogP contribution in [0.25, 0.3) is 0 Å². The van der Waals surface area contributed by atoms with E-state index in [2.05, 4.69) is 0 Å². The first-order valence-corrected chi connectivity index (χ1v) is 6.41. The van der Waals surface area contributed by atoms with E-state index in [0.29, 0.717) is 16.4 Å². The number of aromatic carboxylic acids is 1. The monoisotopic (exact) mass is 290 g/mol. The van der Waals surface area contributed by atoms with E-state index in [1.54, 1.807) is 18.0 Å². The van der Waals surface area contributed by atoms with Crippen LogP contribution in [0.15, 0.2) is 36.4 Å². The third-order valence-electron chi connectivity index (χ3n) is 3.13. The van der Waals surface area contributed by atoms with E-state index in [1.807, 2.05) is 31.2 Å². The minimum absolute atomic E-state index is 0.0840. The number of hydrogen-bond donors (Lipinski definition) is 2. The quantitative estimate of drug-likeness (QED) is 0.846. The first-order valence-electron chi connectivity index (χ1n) is 6.03. The molecule has 0 bridgehead atoms. The average Bonchev–Trinajstić information content (AvgIpc) is 2.37. The molecule has 0 saturated carbocycles. The van der Waals surface area contributed by atoms with Crippen molar-refractivity contribution in [1.29, 1.82) is 0 Å². The van der Waals surface area contributed by atoms with Crippen LogP contribution >= 0.6 is 11.6 Å².